The Morgan fingerprint density at radius 1 is 1.18 bits per heavy atom. The summed E-state index contributed by atoms with van der Waals surface area (Å²) in [6.07, 6.45) is 3.60. The lowest BCUT2D eigenvalue weighted by Crippen LogP contribution is -2.01. The predicted molar refractivity (Wildman–Crippen MR) is 69.3 cm³/mol. The number of benzene rings is 1. The van der Waals surface area contributed by atoms with Crippen LogP contribution in [0.4, 0.5) is 5.69 Å². The van der Waals surface area contributed by atoms with Crippen LogP contribution < -0.4 is 10.1 Å². The van der Waals surface area contributed by atoms with Crippen LogP contribution in [0.25, 0.3) is 0 Å². The number of anilines is 1. The van der Waals surface area contributed by atoms with Gasteiger partial charge in [0.1, 0.15) is 5.75 Å². The van der Waals surface area contributed by atoms with Gasteiger partial charge in [-0.3, -0.25) is 4.98 Å². The van der Waals surface area contributed by atoms with Crippen LogP contribution in [0.2, 0.25) is 0 Å². The lowest BCUT2D eigenvalue weighted by Gasteiger charge is -2.11. The molecule has 2 aromatic rings. The number of hydrogen-bond acceptors (Lipinski definition) is 3. The molecule has 0 aliphatic heterocycles. The monoisotopic (exact) mass is 228 g/mol. The van der Waals surface area contributed by atoms with Crippen LogP contribution in [0.1, 0.15) is 11.1 Å². The Balaban J connectivity index is 2.08. The van der Waals surface area contributed by atoms with E-state index < -0.39 is 0 Å². The van der Waals surface area contributed by atoms with Gasteiger partial charge >= 0.3 is 0 Å². The fourth-order valence-electron chi connectivity index (χ4n) is 1.62. The average molecular weight is 228 g/mol. The van der Waals surface area contributed by atoms with Crippen LogP contribution in [0, 0.1) is 6.92 Å². The van der Waals surface area contributed by atoms with Crippen molar-refractivity contribution in [2.45, 2.75) is 13.5 Å². The van der Waals surface area contributed by atoms with Crippen molar-refractivity contribution in [2.75, 3.05) is 12.4 Å². The summed E-state index contributed by atoms with van der Waals surface area (Å²) >= 11 is 0. The van der Waals surface area contributed by atoms with E-state index >= 15 is 0 Å². The van der Waals surface area contributed by atoms with Gasteiger partial charge in [0.15, 0.2) is 0 Å². The number of ether oxygens (including phenoxy) is 1. The first-order valence-electron chi connectivity index (χ1n) is 5.57. The summed E-state index contributed by atoms with van der Waals surface area (Å²) in [5.41, 5.74) is 3.52. The van der Waals surface area contributed by atoms with Gasteiger partial charge < -0.3 is 10.1 Å². The minimum Gasteiger partial charge on any atom is -0.497 e. The fourth-order valence-corrected chi connectivity index (χ4v) is 1.62. The highest BCUT2D eigenvalue weighted by Crippen LogP contribution is 2.22. The second-order valence-corrected chi connectivity index (χ2v) is 3.89. The molecule has 0 spiro atoms. The predicted octanol–water partition coefficient (Wildman–Crippen LogP) is 3.01. The third kappa shape index (κ3) is 2.97. The van der Waals surface area contributed by atoms with Crippen molar-refractivity contribution in [3.8, 4) is 5.75 Å². The van der Waals surface area contributed by atoms with Crippen molar-refractivity contribution in [3.63, 3.8) is 0 Å². The van der Waals surface area contributed by atoms with Crippen molar-refractivity contribution in [3.05, 3.63) is 53.9 Å². The Kier molecular flexibility index (Phi) is 3.60. The molecule has 0 aliphatic rings. The van der Waals surface area contributed by atoms with Crippen LogP contribution in [0.5, 0.6) is 5.75 Å². The van der Waals surface area contributed by atoms with Crippen molar-refractivity contribution < 1.29 is 4.74 Å². The van der Waals surface area contributed by atoms with Crippen LogP contribution >= 0.6 is 0 Å². The SMILES string of the molecule is COc1ccc(C)c(NCc2ccncc2)c1. The third-order valence-corrected chi connectivity index (χ3v) is 2.68. The lowest BCUT2D eigenvalue weighted by atomic mass is 10.2. The molecule has 0 amide bonds. The molecule has 0 fully saturated rings. The number of nitrogens with one attached hydrogen (secondary N) is 1. The highest BCUT2D eigenvalue weighted by molar-refractivity contribution is 5.54. The highest BCUT2D eigenvalue weighted by Gasteiger charge is 2.00. The van der Waals surface area contributed by atoms with Gasteiger partial charge in [-0.1, -0.05) is 6.07 Å². The summed E-state index contributed by atoms with van der Waals surface area (Å²) in [6.45, 7) is 2.87. The maximum Gasteiger partial charge on any atom is 0.120 e. The van der Waals surface area contributed by atoms with E-state index in [-0.39, 0.29) is 0 Å². The van der Waals surface area contributed by atoms with Gasteiger partial charge in [-0.25, -0.2) is 0 Å². The van der Waals surface area contributed by atoms with Gasteiger partial charge in [0.2, 0.25) is 0 Å². The van der Waals surface area contributed by atoms with E-state index in [0.29, 0.717) is 0 Å². The van der Waals surface area contributed by atoms with E-state index in [4.69, 9.17) is 4.74 Å². The van der Waals surface area contributed by atoms with Crippen LogP contribution in [0.3, 0.4) is 0 Å². The van der Waals surface area contributed by atoms with Crippen molar-refractivity contribution in [1.82, 2.24) is 4.98 Å². The van der Waals surface area contributed by atoms with E-state index in [0.717, 1.165) is 18.0 Å². The van der Waals surface area contributed by atoms with Crippen molar-refractivity contribution in [1.29, 1.82) is 0 Å². The summed E-state index contributed by atoms with van der Waals surface area (Å²) in [5.74, 6) is 0.868. The van der Waals surface area contributed by atoms with Gasteiger partial charge in [-0.05, 0) is 36.2 Å². The normalized spacial score (nSPS) is 10.0. The molecular formula is C14H16N2O. The molecular weight excluding hydrogens is 212 g/mol. The van der Waals surface area contributed by atoms with E-state index in [9.17, 15) is 0 Å². The molecule has 1 N–H and O–H groups in total. The largest absolute Gasteiger partial charge is 0.497 e. The maximum atomic E-state index is 5.21. The van der Waals surface area contributed by atoms with Gasteiger partial charge in [0.05, 0.1) is 7.11 Å². The number of aryl methyl sites for hydroxylation is 1. The molecule has 2 rings (SSSR count). The second-order valence-electron chi connectivity index (χ2n) is 3.89. The van der Waals surface area contributed by atoms with Gasteiger partial charge in [0.25, 0.3) is 0 Å². The number of pyridine rings is 1. The number of aromatic nitrogens is 1. The summed E-state index contributed by atoms with van der Waals surface area (Å²) in [4.78, 5) is 4.00. The van der Waals surface area contributed by atoms with Crippen LogP contribution in [-0.2, 0) is 6.54 Å². The van der Waals surface area contributed by atoms with E-state index in [1.54, 1.807) is 19.5 Å². The topological polar surface area (TPSA) is 34.1 Å². The standard InChI is InChI=1S/C14H16N2O/c1-11-3-4-13(17-2)9-14(11)16-10-12-5-7-15-8-6-12/h3-9,16H,10H2,1-2H3. The molecule has 0 atom stereocenters. The summed E-state index contributed by atoms with van der Waals surface area (Å²) in [5, 5.41) is 3.40. The highest BCUT2D eigenvalue weighted by atomic mass is 16.5. The molecule has 0 saturated carbocycles. The molecule has 0 radical (unpaired) electrons. The van der Waals surface area contributed by atoms with Crippen LogP contribution in [-0.4, -0.2) is 12.1 Å². The summed E-state index contributed by atoms with van der Waals surface area (Å²) in [7, 11) is 1.68. The molecule has 3 heteroatoms. The first-order chi connectivity index (χ1) is 8.29. The Bertz CT molecular complexity index is 483. The van der Waals surface area contributed by atoms with Gasteiger partial charge in [-0.15, -0.1) is 0 Å². The fraction of sp³-hybridized carbons (Fsp3) is 0.214. The van der Waals surface area contributed by atoms with Gasteiger partial charge in [-0.2, -0.15) is 0 Å². The molecule has 88 valence electrons. The van der Waals surface area contributed by atoms with Crippen molar-refractivity contribution >= 4 is 5.69 Å². The van der Waals surface area contributed by atoms with E-state index in [2.05, 4.69) is 17.2 Å². The van der Waals surface area contributed by atoms with E-state index in [1.165, 1.54) is 11.1 Å². The summed E-state index contributed by atoms with van der Waals surface area (Å²) in [6, 6.07) is 10.0. The Morgan fingerprint density at radius 3 is 2.65 bits per heavy atom. The van der Waals surface area contributed by atoms with Crippen molar-refractivity contribution in [2.24, 2.45) is 0 Å². The minimum atomic E-state index is 0.788. The zero-order valence-electron chi connectivity index (χ0n) is 10.1. The molecule has 1 aromatic heterocycles. The average Bonchev–Trinajstić information content (AvgIpc) is 2.39. The lowest BCUT2D eigenvalue weighted by molar-refractivity contribution is 0.415. The quantitative estimate of drug-likeness (QED) is 0.873. The molecule has 0 unspecified atom stereocenters. The maximum absolute atomic E-state index is 5.21. The number of methoxy groups -OCH3 is 1. The zero-order valence-corrected chi connectivity index (χ0v) is 10.1. The number of nitrogens with zero attached hydrogens (tertiary/aromatic N) is 1. The molecule has 0 bridgehead atoms. The summed E-state index contributed by atoms with van der Waals surface area (Å²) < 4.78 is 5.21. The molecule has 0 aliphatic carbocycles. The number of hydrogen-bond donors (Lipinski definition) is 1. The Labute approximate surface area is 101 Å². The second kappa shape index (κ2) is 5.34. The third-order valence-electron chi connectivity index (χ3n) is 2.68. The molecule has 3 nitrogen and oxygen atoms in total. The first kappa shape index (κ1) is 11.5. The minimum absolute atomic E-state index is 0.788. The smallest absolute Gasteiger partial charge is 0.120 e. The van der Waals surface area contributed by atoms with E-state index in [1.807, 2.05) is 30.3 Å². The molecule has 0 saturated heterocycles. The van der Waals surface area contributed by atoms with Crippen LogP contribution in [0.15, 0.2) is 42.7 Å². The molecule has 17 heavy (non-hydrogen) atoms. The first-order valence-corrected chi connectivity index (χ1v) is 5.57. The zero-order chi connectivity index (χ0) is 12.1. The number of rotatable bonds is 4. The molecule has 1 aromatic carbocycles. The Hall–Kier alpha value is -2.03. The Morgan fingerprint density at radius 2 is 1.94 bits per heavy atom. The van der Waals surface area contributed by atoms with Gasteiger partial charge in [0, 0.05) is 30.7 Å². The molecule has 1 heterocycles.